The fourth-order valence-electron chi connectivity index (χ4n) is 4.89. The molecule has 2 heterocycles. The van der Waals surface area contributed by atoms with Crippen molar-refractivity contribution >= 4 is 86.3 Å². The second kappa shape index (κ2) is 5.91. The molecule has 0 atom stereocenters. The number of nitrogens with zero attached hydrogens (tertiary/aromatic N) is 1. The van der Waals surface area contributed by atoms with E-state index in [1.807, 2.05) is 0 Å². The third-order valence-corrected chi connectivity index (χ3v) is 7.74. The van der Waals surface area contributed by atoms with E-state index in [0.717, 1.165) is 10.2 Å². The lowest BCUT2D eigenvalue weighted by Crippen LogP contribution is -1.85. The summed E-state index contributed by atoms with van der Waals surface area (Å²) in [6, 6.07) is 30.2. The predicted octanol–water partition coefficient (Wildman–Crippen LogP) is 8.72. The molecular weight excluding hydrogens is 406 g/mol. The number of hydrogen-bond donors (Lipinski definition) is 0. The molecule has 0 spiro atoms. The molecule has 0 fully saturated rings. The highest BCUT2D eigenvalue weighted by Crippen LogP contribution is 2.48. The van der Waals surface area contributed by atoms with Gasteiger partial charge in [0.15, 0.2) is 0 Å². The zero-order valence-electron chi connectivity index (χ0n) is 15.8. The fraction of sp³-hybridized carbons (Fsp3) is 0. The van der Waals surface area contributed by atoms with Crippen LogP contribution in [0.25, 0.3) is 63.4 Å². The van der Waals surface area contributed by atoms with Crippen molar-refractivity contribution in [2.75, 3.05) is 0 Å². The normalized spacial score (nSPS) is 12.2. The van der Waals surface area contributed by atoms with Crippen molar-refractivity contribution in [1.82, 2.24) is 4.98 Å². The Labute approximate surface area is 181 Å². The van der Waals surface area contributed by atoms with Crippen LogP contribution in [0.1, 0.15) is 0 Å². The molecule has 2 aromatic heterocycles. The Hall–Kier alpha value is -3.20. The summed E-state index contributed by atoms with van der Waals surface area (Å²) in [5, 5.41) is 11.8. The van der Waals surface area contributed by atoms with E-state index in [2.05, 4.69) is 84.9 Å². The lowest BCUT2D eigenvalue weighted by molar-refractivity contribution is 1.46. The molecule has 0 aliphatic rings. The van der Waals surface area contributed by atoms with Crippen LogP contribution in [0.4, 0.5) is 0 Å². The van der Waals surface area contributed by atoms with Crippen LogP contribution < -0.4 is 0 Å². The van der Waals surface area contributed by atoms with Crippen LogP contribution >= 0.6 is 22.9 Å². The van der Waals surface area contributed by atoms with Crippen LogP contribution in [0.15, 0.2) is 84.9 Å². The van der Waals surface area contributed by atoms with E-state index >= 15 is 0 Å². The quantitative estimate of drug-likeness (QED) is 0.177. The standard InChI is InChI=1S/C27H14ClNS/c28-27-26-24(22-16-8-2-1-7-15(16)13-14-21(22)29-27)23-19-11-5-3-9-17(19)18-10-4-6-12-20(18)25(23)30-26/h1-14H. The van der Waals surface area contributed by atoms with E-state index in [9.17, 15) is 0 Å². The van der Waals surface area contributed by atoms with Crippen molar-refractivity contribution in [3.05, 3.63) is 90.1 Å². The van der Waals surface area contributed by atoms with E-state index in [1.54, 1.807) is 11.3 Å². The first kappa shape index (κ1) is 16.6. The van der Waals surface area contributed by atoms with E-state index in [-0.39, 0.29) is 0 Å². The summed E-state index contributed by atoms with van der Waals surface area (Å²) in [6.07, 6.45) is 0. The number of hydrogen-bond acceptors (Lipinski definition) is 2. The average Bonchev–Trinajstić information content (AvgIpc) is 3.21. The first-order valence-electron chi connectivity index (χ1n) is 9.94. The van der Waals surface area contributed by atoms with Gasteiger partial charge in [-0.25, -0.2) is 4.98 Å². The first-order chi connectivity index (χ1) is 14.8. The summed E-state index contributed by atoms with van der Waals surface area (Å²) in [5.41, 5.74) is 0.947. The molecule has 0 bridgehead atoms. The second-order valence-corrected chi connectivity index (χ2v) is 9.06. The van der Waals surface area contributed by atoms with Crippen LogP contribution in [0, 0.1) is 0 Å². The molecule has 0 amide bonds. The van der Waals surface area contributed by atoms with Gasteiger partial charge in [-0.05, 0) is 33.0 Å². The van der Waals surface area contributed by atoms with Crippen molar-refractivity contribution in [2.24, 2.45) is 0 Å². The van der Waals surface area contributed by atoms with Crippen LogP contribution in [-0.4, -0.2) is 4.98 Å². The molecule has 7 aromatic rings. The number of thiophene rings is 1. The van der Waals surface area contributed by atoms with E-state index in [4.69, 9.17) is 16.6 Å². The molecule has 0 radical (unpaired) electrons. The molecule has 0 aliphatic heterocycles. The van der Waals surface area contributed by atoms with Crippen molar-refractivity contribution in [2.45, 2.75) is 0 Å². The molecule has 3 heteroatoms. The van der Waals surface area contributed by atoms with Gasteiger partial charge in [-0.15, -0.1) is 11.3 Å². The van der Waals surface area contributed by atoms with Crippen molar-refractivity contribution < 1.29 is 0 Å². The Balaban J connectivity index is 1.92. The molecule has 30 heavy (non-hydrogen) atoms. The van der Waals surface area contributed by atoms with Gasteiger partial charge in [0, 0.05) is 26.2 Å². The number of rotatable bonds is 0. The summed E-state index contributed by atoms with van der Waals surface area (Å²) in [5.74, 6) is 0. The molecule has 0 saturated carbocycles. The molecule has 0 unspecified atom stereocenters. The van der Waals surface area contributed by atoms with Gasteiger partial charge in [0.05, 0.1) is 10.2 Å². The number of benzene rings is 5. The lowest BCUT2D eigenvalue weighted by atomic mass is 9.95. The van der Waals surface area contributed by atoms with Crippen molar-refractivity contribution in [1.29, 1.82) is 0 Å². The van der Waals surface area contributed by atoms with Crippen molar-refractivity contribution in [3.63, 3.8) is 0 Å². The van der Waals surface area contributed by atoms with Crippen LogP contribution in [0.3, 0.4) is 0 Å². The van der Waals surface area contributed by atoms with Crippen LogP contribution in [-0.2, 0) is 0 Å². The Bertz CT molecular complexity index is 1810. The summed E-state index contributed by atoms with van der Waals surface area (Å²) in [4.78, 5) is 4.79. The Kier molecular flexibility index (Phi) is 3.27. The van der Waals surface area contributed by atoms with E-state index in [1.165, 1.54) is 53.2 Å². The lowest BCUT2D eigenvalue weighted by Gasteiger charge is -2.09. The zero-order chi connectivity index (χ0) is 19.8. The highest BCUT2D eigenvalue weighted by molar-refractivity contribution is 7.27. The third kappa shape index (κ3) is 2.05. The summed E-state index contributed by atoms with van der Waals surface area (Å²) in [6.45, 7) is 0. The van der Waals surface area contributed by atoms with Gasteiger partial charge in [0.1, 0.15) is 5.15 Å². The highest BCUT2D eigenvalue weighted by atomic mass is 35.5. The molecule has 0 N–H and O–H groups in total. The van der Waals surface area contributed by atoms with E-state index < -0.39 is 0 Å². The van der Waals surface area contributed by atoms with Gasteiger partial charge in [0.2, 0.25) is 0 Å². The maximum atomic E-state index is 6.76. The zero-order valence-corrected chi connectivity index (χ0v) is 17.4. The van der Waals surface area contributed by atoms with Gasteiger partial charge in [-0.1, -0.05) is 90.5 Å². The number of halogens is 1. The number of aromatic nitrogens is 1. The Morgan fingerprint density at radius 1 is 0.533 bits per heavy atom. The fourth-order valence-corrected chi connectivity index (χ4v) is 6.43. The topological polar surface area (TPSA) is 12.9 Å². The highest BCUT2D eigenvalue weighted by Gasteiger charge is 2.19. The maximum absolute atomic E-state index is 6.76. The molecule has 0 saturated heterocycles. The molecule has 140 valence electrons. The second-order valence-electron chi connectivity index (χ2n) is 7.68. The van der Waals surface area contributed by atoms with Gasteiger partial charge in [-0.2, -0.15) is 0 Å². The van der Waals surface area contributed by atoms with Crippen LogP contribution in [0.2, 0.25) is 5.15 Å². The van der Waals surface area contributed by atoms with E-state index in [0.29, 0.717) is 5.15 Å². The largest absolute Gasteiger partial charge is 0.235 e. The summed E-state index contributed by atoms with van der Waals surface area (Å²) < 4.78 is 2.35. The minimum absolute atomic E-state index is 0.585. The number of pyridine rings is 1. The molecule has 1 nitrogen and oxygen atoms in total. The smallest absolute Gasteiger partial charge is 0.147 e. The molecule has 7 rings (SSSR count). The molecule has 5 aromatic carbocycles. The SMILES string of the molecule is Clc1nc2ccc3ccccc3c2c2c1sc1c3ccccc3c3ccccc3c12. The van der Waals surface area contributed by atoms with Crippen LogP contribution in [0.5, 0.6) is 0 Å². The Morgan fingerprint density at radius 2 is 1.17 bits per heavy atom. The first-order valence-corrected chi connectivity index (χ1v) is 11.1. The summed E-state index contributed by atoms with van der Waals surface area (Å²) >= 11 is 8.52. The van der Waals surface area contributed by atoms with Gasteiger partial charge in [-0.3, -0.25) is 0 Å². The third-order valence-electron chi connectivity index (χ3n) is 6.13. The predicted molar refractivity (Wildman–Crippen MR) is 132 cm³/mol. The Morgan fingerprint density at radius 3 is 1.97 bits per heavy atom. The maximum Gasteiger partial charge on any atom is 0.147 e. The van der Waals surface area contributed by atoms with Gasteiger partial charge in [0.25, 0.3) is 0 Å². The molecular formula is C27H14ClNS. The molecule has 0 aliphatic carbocycles. The van der Waals surface area contributed by atoms with Gasteiger partial charge < -0.3 is 0 Å². The minimum Gasteiger partial charge on any atom is -0.235 e. The average molecular weight is 420 g/mol. The number of fused-ring (bicyclic) bond motifs is 12. The van der Waals surface area contributed by atoms with Crippen molar-refractivity contribution in [3.8, 4) is 0 Å². The minimum atomic E-state index is 0.585. The monoisotopic (exact) mass is 419 g/mol. The van der Waals surface area contributed by atoms with Gasteiger partial charge >= 0.3 is 0 Å². The summed E-state index contributed by atoms with van der Waals surface area (Å²) in [7, 11) is 0.